The van der Waals surface area contributed by atoms with Crippen LogP contribution >= 0.6 is 0 Å². The summed E-state index contributed by atoms with van der Waals surface area (Å²) < 4.78 is 23.6. The Morgan fingerprint density at radius 1 is 0.897 bits per heavy atom. The second-order valence-electron chi connectivity index (χ2n) is 9.42. The van der Waals surface area contributed by atoms with E-state index in [1.54, 1.807) is 23.7 Å². The molecular weight excluding hydrogens is 502 g/mol. The number of rotatable bonds is 15. The predicted octanol–water partition coefficient (Wildman–Crippen LogP) is 3.67. The van der Waals surface area contributed by atoms with E-state index in [0.29, 0.717) is 57.6 Å². The molecule has 208 valence electrons. The minimum Gasteiger partial charge on any atom is -0.481 e. The molecule has 1 N–H and O–H groups in total. The minimum atomic E-state index is -0.897. The summed E-state index contributed by atoms with van der Waals surface area (Å²) in [7, 11) is 0. The third-order valence-corrected chi connectivity index (χ3v) is 6.97. The molecule has 4 rings (SSSR count). The highest BCUT2D eigenvalue weighted by Gasteiger charge is 2.56. The Morgan fingerprint density at radius 2 is 1.56 bits per heavy atom. The van der Waals surface area contributed by atoms with E-state index in [1.165, 1.54) is 0 Å². The molecule has 1 aromatic heterocycles. The topological polar surface area (TPSA) is 122 Å². The first-order chi connectivity index (χ1) is 19.0. The number of carbonyl (C=O) groups is 2. The van der Waals surface area contributed by atoms with Gasteiger partial charge in [-0.3, -0.25) is 9.59 Å². The number of hydrogen-bond donors (Lipinski definition) is 1. The standard InChI is InChI=1S/C29H35N3O7/c1-3-36-15-16-38-18-17-37-14-13-32-19-24(30-31-32)21-9-11-23(12-10-21)39-29(35)26-20(2)25(28(33)34)27(26)22-7-5-4-6-8-22/h4-12,19-20,25-27H,3,13-18H2,1-2H3,(H,33,34)/t20-,25+,26+,27-/m0/s1. The largest absolute Gasteiger partial charge is 0.481 e. The zero-order valence-electron chi connectivity index (χ0n) is 22.3. The first-order valence-corrected chi connectivity index (χ1v) is 13.2. The molecule has 39 heavy (non-hydrogen) atoms. The van der Waals surface area contributed by atoms with E-state index < -0.39 is 29.7 Å². The molecule has 0 unspecified atom stereocenters. The molecule has 1 heterocycles. The molecule has 2 aromatic carbocycles. The Labute approximate surface area is 227 Å². The van der Waals surface area contributed by atoms with Crippen molar-refractivity contribution in [2.75, 3.05) is 39.6 Å². The number of aromatic nitrogens is 3. The summed E-state index contributed by atoms with van der Waals surface area (Å²) in [4.78, 5) is 24.9. The molecule has 1 fully saturated rings. The molecule has 0 radical (unpaired) electrons. The summed E-state index contributed by atoms with van der Waals surface area (Å²) >= 11 is 0. The second kappa shape index (κ2) is 14.0. The van der Waals surface area contributed by atoms with Gasteiger partial charge in [-0.15, -0.1) is 5.10 Å². The zero-order valence-corrected chi connectivity index (χ0v) is 22.3. The van der Waals surface area contributed by atoms with Crippen LogP contribution in [0.2, 0.25) is 0 Å². The van der Waals surface area contributed by atoms with E-state index in [2.05, 4.69) is 10.3 Å². The normalized spacial score (nSPS) is 20.4. The maximum absolute atomic E-state index is 13.1. The highest BCUT2D eigenvalue weighted by Crippen LogP contribution is 2.52. The Balaban J connectivity index is 1.27. The van der Waals surface area contributed by atoms with Crippen molar-refractivity contribution in [3.8, 4) is 17.0 Å². The van der Waals surface area contributed by atoms with E-state index in [1.807, 2.05) is 55.6 Å². The van der Waals surface area contributed by atoms with Crippen LogP contribution in [0, 0.1) is 17.8 Å². The van der Waals surface area contributed by atoms with Gasteiger partial charge >= 0.3 is 11.9 Å². The van der Waals surface area contributed by atoms with Crippen molar-refractivity contribution in [2.24, 2.45) is 17.8 Å². The first kappa shape index (κ1) is 28.4. The van der Waals surface area contributed by atoms with Crippen LogP contribution in [0.3, 0.4) is 0 Å². The van der Waals surface area contributed by atoms with E-state index in [4.69, 9.17) is 18.9 Å². The highest BCUT2D eigenvalue weighted by atomic mass is 16.5. The van der Waals surface area contributed by atoms with Crippen LogP contribution in [-0.2, 0) is 30.3 Å². The number of carboxylic acids is 1. The molecular formula is C29H35N3O7. The Morgan fingerprint density at radius 3 is 2.23 bits per heavy atom. The molecule has 10 heteroatoms. The predicted molar refractivity (Wildman–Crippen MR) is 142 cm³/mol. The van der Waals surface area contributed by atoms with Gasteiger partial charge in [0.05, 0.1) is 57.6 Å². The van der Waals surface area contributed by atoms with Gasteiger partial charge in [0.1, 0.15) is 11.4 Å². The van der Waals surface area contributed by atoms with Crippen LogP contribution in [0.4, 0.5) is 0 Å². The number of carbonyl (C=O) groups excluding carboxylic acids is 1. The number of esters is 1. The van der Waals surface area contributed by atoms with Crippen molar-refractivity contribution < 1.29 is 33.6 Å². The number of nitrogens with zero attached hydrogens (tertiary/aromatic N) is 3. The van der Waals surface area contributed by atoms with Crippen LogP contribution in [-0.4, -0.2) is 71.7 Å². The van der Waals surface area contributed by atoms with Crippen LogP contribution in [0.25, 0.3) is 11.3 Å². The lowest BCUT2D eigenvalue weighted by Gasteiger charge is -2.47. The van der Waals surface area contributed by atoms with Crippen LogP contribution < -0.4 is 4.74 Å². The SMILES string of the molecule is CCOCCOCCOCCn1cc(-c2ccc(OC(=O)[C@@H]3[C@@H](C)[C@@H](C(=O)O)[C@@H]3c3ccccc3)cc2)nn1. The van der Waals surface area contributed by atoms with Gasteiger partial charge in [-0.05, 0) is 42.7 Å². The molecule has 4 atom stereocenters. The molecule has 0 spiro atoms. The molecule has 0 saturated heterocycles. The van der Waals surface area contributed by atoms with Crippen molar-refractivity contribution in [1.82, 2.24) is 15.0 Å². The van der Waals surface area contributed by atoms with Crippen LogP contribution in [0.1, 0.15) is 25.3 Å². The van der Waals surface area contributed by atoms with E-state index in [9.17, 15) is 14.7 Å². The molecule has 1 saturated carbocycles. The van der Waals surface area contributed by atoms with Gasteiger partial charge in [0.25, 0.3) is 0 Å². The quantitative estimate of drug-likeness (QED) is 0.176. The summed E-state index contributed by atoms with van der Waals surface area (Å²) in [5, 5.41) is 18.1. The van der Waals surface area contributed by atoms with E-state index in [0.717, 1.165) is 11.1 Å². The fourth-order valence-corrected chi connectivity index (χ4v) is 4.95. The summed E-state index contributed by atoms with van der Waals surface area (Å²) in [6.45, 7) is 7.62. The van der Waals surface area contributed by atoms with Crippen molar-refractivity contribution >= 4 is 11.9 Å². The number of aliphatic carboxylic acids is 1. The molecule has 0 bridgehead atoms. The Bertz CT molecular complexity index is 1200. The maximum atomic E-state index is 13.1. The maximum Gasteiger partial charge on any atom is 0.315 e. The summed E-state index contributed by atoms with van der Waals surface area (Å²) in [5.41, 5.74) is 2.35. The third kappa shape index (κ3) is 7.29. The smallest absolute Gasteiger partial charge is 0.315 e. The van der Waals surface area contributed by atoms with Gasteiger partial charge in [-0.2, -0.15) is 0 Å². The van der Waals surface area contributed by atoms with Crippen molar-refractivity contribution in [3.63, 3.8) is 0 Å². The highest BCUT2D eigenvalue weighted by molar-refractivity contribution is 5.84. The fourth-order valence-electron chi connectivity index (χ4n) is 4.95. The van der Waals surface area contributed by atoms with Crippen LogP contribution in [0.15, 0.2) is 60.8 Å². The number of ether oxygens (including phenoxy) is 4. The monoisotopic (exact) mass is 537 g/mol. The molecule has 3 aromatic rings. The minimum absolute atomic E-state index is 0.327. The number of carboxylic acid groups (broad SMARTS) is 1. The van der Waals surface area contributed by atoms with Gasteiger partial charge in [-0.25, -0.2) is 4.68 Å². The van der Waals surface area contributed by atoms with Crippen LogP contribution in [0.5, 0.6) is 5.75 Å². The second-order valence-corrected chi connectivity index (χ2v) is 9.42. The van der Waals surface area contributed by atoms with Gasteiger partial charge in [0.15, 0.2) is 0 Å². The first-order valence-electron chi connectivity index (χ1n) is 13.2. The number of hydrogen-bond acceptors (Lipinski definition) is 8. The van der Waals surface area contributed by atoms with Gasteiger partial charge < -0.3 is 24.1 Å². The van der Waals surface area contributed by atoms with E-state index >= 15 is 0 Å². The van der Waals surface area contributed by atoms with Crippen molar-refractivity contribution in [2.45, 2.75) is 26.3 Å². The summed E-state index contributed by atoms with van der Waals surface area (Å²) in [6, 6.07) is 16.3. The van der Waals surface area contributed by atoms with E-state index in [-0.39, 0.29) is 5.92 Å². The van der Waals surface area contributed by atoms with Gasteiger partial charge in [0.2, 0.25) is 0 Å². The Hall–Kier alpha value is -3.60. The average Bonchev–Trinajstić information content (AvgIpc) is 3.40. The average molecular weight is 538 g/mol. The zero-order chi connectivity index (χ0) is 27.6. The lowest BCUT2D eigenvalue weighted by atomic mass is 9.55. The van der Waals surface area contributed by atoms with Gasteiger partial charge in [0, 0.05) is 18.1 Å². The molecule has 0 aliphatic heterocycles. The lowest BCUT2D eigenvalue weighted by Crippen LogP contribution is -2.52. The lowest BCUT2D eigenvalue weighted by molar-refractivity contribution is -0.162. The molecule has 10 nitrogen and oxygen atoms in total. The summed E-state index contributed by atoms with van der Waals surface area (Å²) in [6.07, 6.45) is 1.83. The molecule has 1 aliphatic rings. The Kier molecular flexibility index (Phi) is 10.2. The number of benzene rings is 2. The summed E-state index contributed by atoms with van der Waals surface area (Å²) in [5.74, 6) is -2.83. The van der Waals surface area contributed by atoms with Crippen molar-refractivity contribution in [1.29, 1.82) is 0 Å². The fraction of sp³-hybridized carbons (Fsp3) is 0.448. The third-order valence-electron chi connectivity index (χ3n) is 6.97. The molecule has 0 amide bonds. The van der Waals surface area contributed by atoms with Gasteiger partial charge in [-0.1, -0.05) is 42.5 Å². The molecule has 1 aliphatic carbocycles. The van der Waals surface area contributed by atoms with Crippen molar-refractivity contribution in [3.05, 3.63) is 66.4 Å².